The molecule has 0 unspecified atom stereocenters. The Bertz CT molecular complexity index is 316. The van der Waals surface area contributed by atoms with E-state index in [0.717, 1.165) is 0 Å². The molecule has 0 bridgehead atoms. The summed E-state index contributed by atoms with van der Waals surface area (Å²) in [6.07, 6.45) is 0. The molecule has 6 nitrogen and oxygen atoms in total. The molecule has 0 saturated carbocycles. The van der Waals surface area contributed by atoms with Crippen LogP contribution in [0.2, 0.25) is 0 Å². The van der Waals surface area contributed by atoms with Crippen molar-refractivity contribution in [2.24, 2.45) is 0 Å². The van der Waals surface area contributed by atoms with Crippen molar-refractivity contribution in [2.75, 3.05) is 18.6 Å². The molecular weight excluding hydrogens is 158 g/mol. The number of nitrogens with zero attached hydrogens (tertiary/aromatic N) is 2. The van der Waals surface area contributed by atoms with Crippen LogP contribution in [0.5, 0.6) is 0 Å². The van der Waals surface area contributed by atoms with Gasteiger partial charge < -0.3 is 16.9 Å². The molecule has 12 heavy (non-hydrogen) atoms. The molecule has 6 heteroatoms. The number of aryl methyl sites for hydroxylation is 1. The molecule has 1 rings (SSSR count). The van der Waals surface area contributed by atoms with Gasteiger partial charge in [0, 0.05) is 7.05 Å². The van der Waals surface area contributed by atoms with Crippen molar-refractivity contribution < 1.29 is 4.79 Å². The molecule has 5 N–H and O–H groups in total. The predicted octanol–water partition coefficient (Wildman–Crippen LogP) is -1.15. The highest BCUT2D eigenvalue weighted by molar-refractivity contribution is 5.96. The number of hydrogen-bond acceptors (Lipinski definition) is 4. The smallest absolute Gasteiger partial charge is 0.273 e. The van der Waals surface area contributed by atoms with E-state index in [4.69, 9.17) is 11.6 Å². The summed E-state index contributed by atoms with van der Waals surface area (Å²) in [5.41, 5.74) is 5.66. The van der Waals surface area contributed by atoms with Crippen LogP contribution < -0.4 is 16.9 Å². The van der Waals surface area contributed by atoms with Gasteiger partial charge in [-0.25, -0.2) is 9.66 Å². The Kier molecular flexibility index (Phi) is 1.90. The summed E-state index contributed by atoms with van der Waals surface area (Å²) in [6.45, 7) is 1.67. The maximum atomic E-state index is 11.1. The zero-order valence-corrected chi connectivity index (χ0v) is 6.96. The lowest BCUT2D eigenvalue weighted by Gasteiger charge is -1.97. The van der Waals surface area contributed by atoms with Crippen LogP contribution >= 0.6 is 0 Å². The Hall–Kier alpha value is -1.72. The fourth-order valence-corrected chi connectivity index (χ4v) is 0.847. The molecule has 0 atom stereocenters. The number of anilines is 1. The average Bonchev–Trinajstić information content (AvgIpc) is 2.32. The topological polar surface area (TPSA) is 99.0 Å². The summed E-state index contributed by atoms with van der Waals surface area (Å²) in [4.78, 5) is 15.0. The van der Waals surface area contributed by atoms with E-state index in [1.54, 1.807) is 6.92 Å². The second kappa shape index (κ2) is 2.72. The van der Waals surface area contributed by atoms with Gasteiger partial charge in [0.1, 0.15) is 5.82 Å². The minimum Gasteiger partial charge on any atom is -0.382 e. The molecule has 0 aromatic carbocycles. The third kappa shape index (κ3) is 1.07. The largest absolute Gasteiger partial charge is 0.382 e. The zero-order valence-electron chi connectivity index (χ0n) is 6.96. The van der Waals surface area contributed by atoms with Gasteiger partial charge in [-0.15, -0.1) is 0 Å². The third-order valence-corrected chi connectivity index (χ3v) is 1.57. The molecule has 1 heterocycles. The van der Waals surface area contributed by atoms with Crippen LogP contribution in [-0.2, 0) is 0 Å². The number of carbonyl (C=O) groups excluding carboxylic acids is 1. The summed E-state index contributed by atoms with van der Waals surface area (Å²) in [5, 5.41) is 2.41. The highest BCUT2D eigenvalue weighted by atomic mass is 16.1. The van der Waals surface area contributed by atoms with E-state index in [-0.39, 0.29) is 17.4 Å². The molecule has 0 fully saturated rings. The highest BCUT2D eigenvalue weighted by Gasteiger charge is 2.15. The Morgan fingerprint density at radius 2 is 2.25 bits per heavy atom. The van der Waals surface area contributed by atoms with Crippen LogP contribution in [-0.4, -0.2) is 22.6 Å². The zero-order chi connectivity index (χ0) is 9.30. The van der Waals surface area contributed by atoms with E-state index in [0.29, 0.717) is 5.82 Å². The number of hydrogen-bond donors (Lipinski definition) is 3. The van der Waals surface area contributed by atoms with Crippen molar-refractivity contribution in [1.82, 2.24) is 15.0 Å². The van der Waals surface area contributed by atoms with Gasteiger partial charge in [-0.1, -0.05) is 0 Å². The van der Waals surface area contributed by atoms with Gasteiger partial charge in [-0.3, -0.25) is 4.79 Å². The monoisotopic (exact) mass is 169 g/mol. The lowest BCUT2D eigenvalue weighted by atomic mass is 10.4. The SMILES string of the molecule is CNC(=O)c1nc(C)n(N)c1N. The highest BCUT2D eigenvalue weighted by Crippen LogP contribution is 2.09. The van der Waals surface area contributed by atoms with Gasteiger partial charge in [0.2, 0.25) is 0 Å². The summed E-state index contributed by atoms with van der Waals surface area (Å²) >= 11 is 0. The Morgan fingerprint density at radius 1 is 1.67 bits per heavy atom. The molecule has 0 aliphatic carbocycles. The first kappa shape index (κ1) is 8.38. The van der Waals surface area contributed by atoms with Crippen molar-refractivity contribution in [2.45, 2.75) is 6.92 Å². The van der Waals surface area contributed by atoms with E-state index in [1.165, 1.54) is 11.7 Å². The van der Waals surface area contributed by atoms with Gasteiger partial charge in [-0.05, 0) is 6.92 Å². The van der Waals surface area contributed by atoms with Crippen molar-refractivity contribution in [1.29, 1.82) is 0 Å². The number of nitrogens with two attached hydrogens (primary N) is 2. The van der Waals surface area contributed by atoms with E-state index in [1.807, 2.05) is 0 Å². The molecule has 1 amide bonds. The molecular formula is C6H11N5O. The number of nitrogen functional groups attached to an aromatic ring is 2. The number of amides is 1. The van der Waals surface area contributed by atoms with E-state index >= 15 is 0 Å². The molecule has 0 aliphatic heterocycles. The quantitative estimate of drug-likeness (QED) is 0.462. The molecule has 0 radical (unpaired) electrons. The van der Waals surface area contributed by atoms with Gasteiger partial charge >= 0.3 is 0 Å². The van der Waals surface area contributed by atoms with E-state index in [2.05, 4.69) is 10.3 Å². The van der Waals surface area contributed by atoms with Crippen LogP contribution in [0.25, 0.3) is 0 Å². The first-order chi connectivity index (χ1) is 5.57. The normalized spacial score (nSPS) is 9.83. The summed E-state index contributed by atoms with van der Waals surface area (Å²) in [5.74, 6) is 5.79. The fourth-order valence-electron chi connectivity index (χ4n) is 0.847. The summed E-state index contributed by atoms with van der Waals surface area (Å²) in [7, 11) is 1.51. The second-order valence-electron chi connectivity index (χ2n) is 2.34. The fraction of sp³-hybridized carbons (Fsp3) is 0.333. The number of aromatic nitrogens is 2. The Morgan fingerprint density at radius 3 is 2.58 bits per heavy atom. The Balaban J connectivity index is 3.17. The third-order valence-electron chi connectivity index (χ3n) is 1.57. The summed E-state index contributed by atoms with van der Waals surface area (Å²) in [6, 6.07) is 0. The van der Waals surface area contributed by atoms with Crippen LogP contribution in [0.15, 0.2) is 0 Å². The van der Waals surface area contributed by atoms with Gasteiger partial charge in [-0.2, -0.15) is 0 Å². The summed E-state index contributed by atoms with van der Waals surface area (Å²) < 4.78 is 1.17. The van der Waals surface area contributed by atoms with Gasteiger partial charge in [0.25, 0.3) is 5.91 Å². The lowest BCUT2D eigenvalue weighted by Crippen LogP contribution is -2.21. The van der Waals surface area contributed by atoms with Crippen LogP contribution in [0.3, 0.4) is 0 Å². The van der Waals surface area contributed by atoms with Crippen LogP contribution in [0.1, 0.15) is 16.3 Å². The minimum atomic E-state index is -0.334. The van der Waals surface area contributed by atoms with Crippen molar-refractivity contribution in [3.05, 3.63) is 11.5 Å². The first-order valence-corrected chi connectivity index (χ1v) is 3.40. The number of nitrogens with one attached hydrogen (secondary N) is 1. The molecule has 0 saturated heterocycles. The Labute approximate surface area is 69.5 Å². The van der Waals surface area contributed by atoms with E-state index in [9.17, 15) is 4.79 Å². The van der Waals surface area contributed by atoms with Crippen molar-refractivity contribution in [3.8, 4) is 0 Å². The van der Waals surface area contributed by atoms with Crippen LogP contribution in [0.4, 0.5) is 5.82 Å². The van der Waals surface area contributed by atoms with Crippen LogP contribution in [0, 0.1) is 6.92 Å². The van der Waals surface area contributed by atoms with Crippen molar-refractivity contribution >= 4 is 11.7 Å². The maximum Gasteiger partial charge on any atom is 0.273 e. The van der Waals surface area contributed by atoms with Gasteiger partial charge in [0.15, 0.2) is 11.5 Å². The molecule has 1 aromatic heterocycles. The second-order valence-corrected chi connectivity index (χ2v) is 2.34. The molecule has 0 aliphatic rings. The number of rotatable bonds is 1. The lowest BCUT2D eigenvalue weighted by molar-refractivity contribution is 0.0959. The predicted molar refractivity (Wildman–Crippen MR) is 44.9 cm³/mol. The number of carbonyl (C=O) groups is 1. The van der Waals surface area contributed by atoms with Gasteiger partial charge in [0.05, 0.1) is 0 Å². The maximum absolute atomic E-state index is 11.1. The minimum absolute atomic E-state index is 0.164. The molecule has 1 aromatic rings. The standard InChI is InChI=1S/C6H11N5O/c1-3-10-4(6(12)9-2)5(7)11(3)8/h7-8H2,1-2H3,(H,9,12). The molecule has 0 spiro atoms. The molecule has 66 valence electrons. The van der Waals surface area contributed by atoms with Crippen molar-refractivity contribution in [3.63, 3.8) is 0 Å². The number of imidazole rings is 1. The van der Waals surface area contributed by atoms with E-state index < -0.39 is 0 Å². The average molecular weight is 169 g/mol. The first-order valence-electron chi connectivity index (χ1n) is 3.40.